The van der Waals surface area contributed by atoms with E-state index in [4.69, 9.17) is 0 Å². The predicted octanol–water partition coefficient (Wildman–Crippen LogP) is 8.68. The molecule has 0 spiro atoms. The first-order valence-electron chi connectivity index (χ1n) is 13.2. The average molecular weight is 522 g/mol. The number of rotatable bonds is 3. The molecule has 0 fully saturated rings. The van der Waals surface area contributed by atoms with Crippen molar-refractivity contribution in [3.8, 4) is 28.1 Å². The standard InChI is InChI=1S/C35H21F2N3/c36-29-19-21(33-25-7-1-2-8-26(25)34-28(33)10-5-17-38-34)13-15-23(29)24-16-14-22(20-30(24)37)40-31-11-4-3-9-27(31)35-32(40)12-6-18-39-35/h1-20,33H. The Balaban J connectivity index is 1.22. The Morgan fingerprint density at radius 1 is 0.575 bits per heavy atom. The molecule has 0 saturated carbocycles. The van der Waals surface area contributed by atoms with Gasteiger partial charge in [-0.25, -0.2) is 8.78 Å². The van der Waals surface area contributed by atoms with Crippen molar-refractivity contribution in [3.63, 3.8) is 0 Å². The number of nitrogens with zero attached hydrogens (tertiary/aromatic N) is 3. The summed E-state index contributed by atoms with van der Waals surface area (Å²) in [4.78, 5) is 9.15. The van der Waals surface area contributed by atoms with Crippen LogP contribution in [0.25, 0.3) is 50.0 Å². The third-order valence-corrected chi connectivity index (χ3v) is 7.93. The van der Waals surface area contributed by atoms with Crippen LogP contribution >= 0.6 is 0 Å². The molecule has 190 valence electrons. The van der Waals surface area contributed by atoms with Crippen LogP contribution in [0.15, 0.2) is 122 Å². The van der Waals surface area contributed by atoms with Gasteiger partial charge in [-0.15, -0.1) is 0 Å². The summed E-state index contributed by atoms with van der Waals surface area (Å²) in [6.45, 7) is 0. The normalized spacial score (nSPS) is 14.0. The highest BCUT2D eigenvalue weighted by atomic mass is 19.1. The van der Waals surface area contributed by atoms with Gasteiger partial charge < -0.3 is 4.57 Å². The van der Waals surface area contributed by atoms with Crippen molar-refractivity contribution >= 4 is 21.9 Å². The fraction of sp³-hybridized carbons (Fsp3) is 0.0286. The molecule has 0 aliphatic heterocycles. The van der Waals surface area contributed by atoms with E-state index in [0.717, 1.165) is 49.9 Å². The highest BCUT2D eigenvalue weighted by Crippen LogP contribution is 2.47. The van der Waals surface area contributed by atoms with Crippen molar-refractivity contribution < 1.29 is 8.78 Å². The molecule has 0 N–H and O–H groups in total. The number of hydrogen-bond acceptors (Lipinski definition) is 2. The quantitative estimate of drug-likeness (QED) is 0.233. The van der Waals surface area contributed by atoms with Crippen LogP contribution in [0.5, 0.6) is 0 Å². The van der Waals surface area contributed by atoms with E-state index in [-0.39, 0.29) is 17.0 Å². The van der Waals surface area contributed by atoms with Crippen molar-refractivity contribution in [3.05, 3.63) is 150 Å². The predicted molar refractivity (Wildman–Crippen MR) is 155 cm³/mol. The Morgan fingerprint density at radius 3 is 2.15 bits per heavy atom. The molecule has 5 heteroatoms. The lowest BCUT2D eigenvalue weighted by Gasteiger charge is -2.16. The van der Waals surface area contributed by atoms with Gasteiger partial charge in [0.05, 0.1) is 22.2 Å². The van der Waals surface area contributed by atoms with Gasteiger partial charge in [0.15, 0.2) is 0 Å². The van der Waals surface area contributed by atoms with Gasteiger partial charge in [0.2, 0.25) is 0 Å². The lowest BCUT2D eigenvalue weighted by molar-refractivity contribution is 0.614. The number of fused-ring (bicyclic) bond motifs is 6. The van der Waals surface area contributed by atoms with Crippen molar-refractivity contribution in [2.24, 2.45) is 0 Å². The maximum absolute atomic E-state index is 15.7. The Bertz CT molecular complexity index is 2010. The molecule has 0 bridgehead atoms. The monoisotopic (exact) mass is 521 g/mol. The van der Waals surface area contributed by atoms with Crippen molar-refractivity contribution in [2.75, 3.05) is 0 Å². The molecule has 1 aliphatic carbocycles. The summed E-state index contributed by atoms with van der Waals surface area (Å²) in [6.07, 6.45) is 3.54. The number of pyridine rings is 2. The van der Waals surface area contributed by atoms with Crippen LogP contribution in [-0.4, -0.2) is 14.5 Å². The second-order valence-electron chi connectivity index (χ2n) is 10.1. The molecule has 40 heavy (non-hydrogen) atoms. The lowest BCUT2D eigenvalue weighted by atomic mass is 9.88. The van der Waals surface area contributed by atoms with E-state index in [1.807, 2.05) is 77.4 Å². The van der Waals surface area contributed by atoms with Gasteiger partial charge in [0.1, 0.15) is 11.6 Å². The fourth-order valence-electron chi connectivity index (χ4n) is 6.22. The van der Waals surface area contributed by atoms with Crippen LogP contribution in [0.2, 0.25) is 0 Å². The second kappa shape index (κ2) is 8.68. The zero-order valence-electron chi connectivity index (χ0n) is 21.2. The van der Waals surface area contributed by atoms with Gasteiger partial charge in [-0.1, -0.05) is 60.7 Å². The number of halogens is 2. The maximum Gasteiger partial charge on any atom is 0.133 e. The minimum atomic E-state index is -0.486. The number of hydrogen-bond donors (Lipinski definition) is 0. The highest BCUT2D eigenvalue weighted by molar-refractivity contribution is 6.06. The first-order valence-corrected chi connectivity index (χ1v) is 13.2. The van der Waals surface area contributed by atoms with Gasteiger partial charge in [0, 0.05) is 46.1 Å². The van der Waals surface area contributed by atoms with Gasteiger partial charge in [-0.05, 0) is 65.2 Å². The van der Waals surface area contributed by atoms with E-state index < -0.39 is 11.6 Å². The third-order valence-electron chi connectivity index (χ3n) is 7.93. The fourth-order valence-corrected chi connectivity index (χ4v) is 6.22. The summed E-state index contributed by atoms with van der Waals surface area (Å²) < 4.78 is 33.4. The minimum absolute atomic E-state index is 0.125. The summed E-state index contributed by atoms with van der Waals surface area (Å²) in [5.41, 5.74) is 8.74. The van der Waals surface area contributed by atoms with Gasteiger partial charge in [-0.3, -0.25) is 9.97 Å². The van der Waals surface area contributed by atoms with Crippen molar-refractivity contribution in [1.82, 2.24) is 14.5 Å². The number of aromatic nitrogens is 3. The zero-order chi connectivity index (χ0) is 26.8. The molecule has 3 aromatic heterocycles. The molecular weight excluding hydrogens is 500 g/mol. The molecule has 0 radical (unpaired) electrons. The minimum Gasteiger partial charge on any atom is -0.308 e. The van der Waals surface area contributed by atoms with Crippen molar-refractivity contribution in [1.29, 1.82) is 0 Å². The Kier molecular flexibility index (Phi) is 4.95. The van der Waals surface area contributed by atoms with Crippen LogP contribution in [-0.2, 0) is 0 Å². The Hall–Kier alpha value is -5.16. The van der Waals surface area contributed by atoms with E-state index in [2.05, 4.69) is 22.1 Å². The summed E-state index contributed by atoms with van der Waals surface area (Å²) in [6, 6.07) is 33.9. The van der Waals surface area contributed by atoms with E-state index in [1.165, 1.54) is 12.1 Å². The van der Waals surface area contributed by atoms with E-state index in [9.17, 15) is 0 Å². The van der Waals surface area contributed by atoms with Gasteiger partial charge in [0.25, 0.3) is 0 Å². The summed E-state index contributed by atoms with van der Waals surface area (Å²) in [7, 11) is 0. The maximum atomic E-state index is 15.7. The van der Waals surface area contributed by atoms with Crippen LogP contribution in [0.3, 0.4) is 0 Å². The summed E-state index contributed by atoms with van der Waals surface area (Å²) in [5.74, 6) is -1.07. The molecule has 3 heterocycles. The molecular formula is C35H21F2N3. The van der Waals surface area contributed by atoms with Crippen molar-refractivity contribution in [2.45, 2.75) is 5.92 Å². The van der Waals surface area contributed by atoms with E-state index in [0.29, 0.717) is 5.69 Å². The molecule has 1 unspecified atom stereocenters. The molecule has 1 aliphatic rings. The van der Waals surface area contributed by atoms with E-state index in [1.54, 1.807) is 24.5 Å². The molecule has 0 amide bonds. The van der Waals surface area contributed by atoms with Gasteiger partial charge >= 0.3 is 0 Å². The number of benzene rings is 4. The highest BCUT2D eigenvalue weighted by Gasteiger charge is 2.31. The molecule has 4 aromatic carbocycles. The van der Waals surface area contributed by atoms with Gasteiger partial charge in [-0.2, -0.15) is 0 Å². The zero-order valence-corrected chi connectivity index (χ0v) is 21.2. The topological polar surface area (TPSA) is 30.7 Å². The summed E-state index contributed by atoms with van der Waals surface area (Å²) in [5, 5.41) is 0.995. The Morgan fingerprint density at radius 2 is 1.27 bits per heavy atom. The van der Waals surface area contributed by atoms with Crippen LogP contribution < -0.4 is 0 Å². The largest absolute Gasteiger partial charge is 0.308 e. The van der Waals surface area contributed by atoms with E-state index >= 15 is 8.78 Å². The lowest BCUT2D eigenvalue weighted by Crippen LogP contribution is -2.01. The SMILES string of the molecule is Fc1cc(C2c3ccccc3-c3ncccc32)ccc1-c1ccc(-n2c3ccccc3c3ncccc32)cc1F. The molecule has 7 aromatic rings. The summed E-state index contributed by atoms with van der Waals surface area (Å²) >= 11 is 0. The van der Waals surface area contributed by atoms with Crippen LogP contribution in [0.4, 0.5) is 8.78 Å². The van der Waals surface area contributed by atoms with Crippen LogP contribution in [0, 0.1) is 11.6 Å². The Labute approximate surface area is 229 Å². The second-order valence-corrected chi connectivity index (χ2v) is 10.1. The molecule has 3 nitrogen and oxygen atoms in total. The molecule has 0 saturated heterocycles. The smallest absolute Gasteiger partial charge is 0.133 e. The molecule has 1 atom stereocenters. The third kappa shape index (κ3) is 3.27. The van der Waals surface area contributed by atoms with Crippen LogP contribution in [0.1, 0.15) is 22.6 Å². The molecule has 8 rings (SSSR count). The average Bonchev–Trinajstić information content (AvgIpc) is 3.51. The first kappa shape index (κ1) is 22.8. The first-order chi connectivity index (χ1) is 19.7. The number of para-hydroxylation sites is 1.